The Morgan fingerprint density at radius 2 is 2.18 bits per heavy atom. The van der Waals surface area contributed by atoms with Crippen LogP contribution in [0.15, 0.2) is 30.5 Å². The molecule has 4 heteroatoms. The van der Waals surface area contributed by atoms with E-state index in [0.717, 1.165) is 23.1 Å². The zero-order chi connectivity index (χ0) is 11.7. The van der Waals surface area contributed by atoms with Crippen LogP contribution < -0.4 is 5.32 Å². The average Bonchev–Trinajstić information content (AvgIpc) is 3.20. The van der Waals surface area contributed by atoms with E-state index in [-0.39, 0.29) is 5.38 Å². The van der Waals surface area contributed by atoms with E-state index in [4.69, 9.17) is 11.6 Å². The summed E-state index contributed by atoms with van der Waals surface area (Å²) in [4.78, 5) is 0. The predicted molar refractivity (Wildman–Crippen MR) is 70.4 cm³/mol. The Balaban J connectivity index is 1.79. The third-order valence-corrected chi connectivity index (χ3v) is 3.68. The second-order valence-corrected chi connectivity index (χ2v) is 5.08. The Labute approximate surface area is 105 Å². The number of rotatable bonds is 4. The maximum absolute atomic E-state index is 6.27. The van der Waals surface area contributed by atoms with Gasteiger partial charge < -0.3 is 5.32 Å². The molecule has 0 amide bonds. The summed E-state index contributed by atoms with van der Waals surface area (Å²) in [6.45, 7) is 0.759. The van der Waals surface area contributed by atoms with Crippen LogP contribution in [0.3, 0.4) is 0 Å². The van der Waals surface area contributed by atoms with Crippen LogP contribution in [-0.2, 0) is 0 Å². The van der Waals surface area contributed by atoms with Crippen LogP contribution in [0, 0.1) is 5.92 Å². The van der Waals surface area contributed by atoms with Crippen molar-refractivity contribution in [1.82, 2.24) is 10.2 Å². The van der Waals surface area contributed by atoms with E-state index in [1.54, 1.807) is 6.20 Å². The van der Waals surface area contributed by atoms with Crippen molar-refractivity contribution in [2.75, 3.05) is 11.9 Å². The molecule has 1 aromatic heterocycles. The summed E-state index contributed by atoms with van der Waals surface area (Å²) in [5, 5.41) is 13.8. The second kappa shape index (κ2) is 4.49. The first-order chi connectivity index (χ1) is 8.34. The molecule has 1 unspecified atom stereocenters. The molecule has 0 saturated heterocycles. The Hall–Kier alpha value is -1.35. The van der Waals surface area contributed by atoms with Gasteiger partial charge in [-0.25, -0.2) is 0 Å². The fraction of sp³-hybridized carbons (Fsp3) is 0.385. The molecular weight excluding hydrogens is 234 g/mol. The maximum atomic E-state index is 6.27. The number of nitrogens with one attached hydrogen (secondary N) is 1. The van der Waals surface area contributed by atoms with E-state index in [1.165, 1.54) is 12.8 Å². The summed E-state index contributed by atoms with van der Waals surface area (Å²) in [7, 11) is 0. The number of hydrogen-bond acceptors (Lipinski definition) is 3. The van der Waals surface area contributed by atoms with E-state index in [0.29, 0.717) is 5.92 Å². The van der Waals surface area contributed by atoms with Crippen molar-refractivity contribution in [3.63, 3.8) is 0 Å². The number of fused-ring (bicyclic) bond motifs is 1. The van der Waals surface area contributed by atoms with Crippen molar-refractivity contribution in [3.05, 3.63) is 30.5 Å². The van der Waals surface area contributed by atoms with Crippen LogP contribution in [0.4, 0.5) is 5.82 Å². The lowest BCUT2D eigenvalue weighted by Gasteiger charge is -2.11. The highest BCUT2D eigenvalue weighted by molar-refractivity contribution is 6.21. The van der Waals surface area contributed by atoms with Gasteiger partial charge in [-0.1, -0.05) is 24.3 Å². The van der Waals surface area contributed by atoms with Gasteiger partial charge in [0, 0.05) is 17.3 Å². The van der Waals surface area contributed by atoms with Crippen LogP contribution in [0.2, 0.25) is 0 Å². The van der Waals surface area contributed by atoms with Crippen LogP contribution >= 0.6 is 11.6 Å². The van der Waals surface area contributed by atoms with Gasteiger partial charge in [-0.2, -0.15) is 5.10 Å². The van der Waals surface area contributed by atoms with Crippen molar-refractivity contribution >= 4 is 28.2 Å². The molecule has 1 N–H and O–H groups in total. The van der Waals surface area contributed by atoms with E-state index >= 15 is 0 Å². The molecule has 1 aliphatic rings. The van der Waals surface area contributed by atoms with Crippen LogP contribution in [0.1, 0.15) is 12.8 Å². The molecule has 3 rings (SSSR count). The minimum atomic E-state index is 0.204. The average molecular weight is 248 g/mol. The summed E-state index contributed by atoms with van der Waals surface area (Å²) in [6.07, 6.45) is 4.30. The lowest BCUT2D eigenvalue weighted by molar-refractivity contribution is 0.767. The molecule has 1 aromatic carbocycles. The van der Waals surface area contributed by atoms with Gasteiger partial charge in [-0.05, 0) is 18.8 Å². The molecule has 1 saturated carbocycles. The van der Waals surface area contributed by atoms with Gasteiger partial charge in [-0.3, -0.25) is 0 Å². The number of hydrogen-bond donors (Lipinski definition) is 1. The smallest absolute Gasteiger partial charge is 0.156 e. The molecule has 3 nitrogen and oxygen atoms in total. The highest BCUT2D eigenvalue weighted by Crippen LogP contribution is 2.35. The summed E-state index contributed by atoms with van der Waals surface area (Å²) in [5.41, 5.74) is 0. The number of halogens is 1. The van der Waals surface area contributed by atoms with Gasteiger partial charge >= 0.3 is 0 Å². The molecule has 0 spiro atoms. The molecule has 88 valence electrons. The third kappa shape index (κ3) is 2.34. The first-order valence-corrected chi connectivity index (χ1v) is 6.36. The monoisotopic (exact) mass is 247 g/mol. The van der Waals surface area contributed by atoms with Gasteiger partial charge in [0.2, 0.25) is 0 Å². The SMILES string of the molecule is ClC(CNc1nncc2ccccc12)C1CC1. The number of nitrogens with zero attached hydrogens (tertiary/aromatic N) is 2. The molecule has 0 bridgehead atoms. The highest BCUT2D eigenvalue weighted by Gasteiger charge is 2.29. The number of anilines is 1. The van der Waals surface area contributed by atoms with Crippen molar-refractivity contribution in [1.29, 1.82) is 0 Å². The first kappa shape index (κ1) is 10.8. The Morgan fingerprint density at radius 1 is 1.35 bits per heavy atom. The quantitative estimate of drug-likeness (QED) is 0.844. The second-order valence-electron chi connectivity index (χ2n) is 4.51. The third-order valence-electron chi connectivity index (χ3n) is 3.17. The van der Waals surface area contributed by atoms with E-state index in [1.807, 2.05) is 24.3 Å². The number of benzene rings is 1. The minimum Gasteiger partial charge on any atom is -0.367 e. The Kier molecular flexibility index (Phi) is 2.85. The van der Waals surface area contributed by atoms with Gasteiger partial charge in [0.15, 0.2) is 5.82 Å². The molecule has 1 aliphatic carbocycles. The van der Waals surface area contributed by atoms with Crippen LogP contribution in [0.5, 0.6) is 0 Å². The summed E-state index contributed by atoms with van der Waals surface area (Å²) in [5.74, 6) is 1.52. The standard InChI is InChI=1S/C13H14ClN3/c14-12(9-5-6-9)8-15-13-11-4-2-1-3-10(11)7-16-17-13/h1-4,7,9,12H,5-6,8H2,(H,15,17). The van der Waals surface area contributed by atoms with Gasteiger partial charge in [0.05, 0.1) is 11.6 Å². The van der Waals surface area contributed by atoms with Gasteiger partial charge in [0.25, 0.3) is 0 Å². The zero-order valence-corrected chi connectivity index (χ0v) is 10.2. The topological polar surface area (TPSA) is 37.8 Å². The van der Waals surface area contributed by atoms with Gasteiger partial charge in [0.1, 0.15) is 0 Å². The minimum absolute atomic E-state index is 0.204. The number of aromatic nitrogens is 2. The highest BCUT2D eigenvalue weighted by atomic mass is 35.5. The predicted octanol–water partition coefficient (Wildman–Crippen LogP) is 3.06. The molecule has 17 heavy (non-hydrogen) atoms. The van der Waals surface area contributed by atoms with Gasteiger partial charge in [-0.15, -0.1) is 16.7 Å². The molecule has 1 heterocycles. The Bertz CT molecular complexity index is 520. The van der Waals surface area contributed by atoms with Crippen molar-refractivity contribution in [3.8, 4) is 0 Å². The molecule has 0 radical (unpaired) electrons. The van der Waals surface area contributed by atoms with Crippen LogP contribution in [-0.4, -0.2) is 22.1 Å². The van der Waals surface area contributed by atoms with E-state index in [2.05, 4.69) is 15.5 Å². The zero-order valence-electron chi connectivity index (χ0n) is 9.44. The molecule has 2 aromatic rings. The van der Waals surface area contributed by atoms with Crippen molar-refractivity contribution in [2.24, 2.45) is 5.92 Å². The largest absolute Gasteiger partial charge is 0.367 e. The summed E-state index contributed by atoms with van der Waals surface area (Å²) in [6, 6.07) is 8.09. The lowest BCUT2D eigenvalue weighted by Crippen LogP contribution is -2.17. The molecule has 1 fully saturated rings. The Morgan fingerprint density at radius 3 is 3.00 bits per heavy atom. The van der Waals surface area contributed by atoms with Crippen LogP contribution in [0.25, 0.3) is 10.8 Å². The fourth-order valence-corrected chi connectivity index (χ4v) is 2.31. The molecular formula is C13H14ClN3. The van der Waals surface area contributed by atoms with Crippen molar-refractivity contribution in [2.45, 2.75) is 18.2 Å². The van der Waals surface area contributed by atoms with E-state index < -0.39 is 0 Å². The van der Waals surface area contributed by atoms with Crippen molar-refractivity contribution < 1.29 is 0 Å². The summed E-state index contributed by atoms with van der Waals surface area (Å²) < 4.78 is 0. The normalized spacial score (nSPS) is 17.0. The number of alkyl halides is 1. The molecule has 1 atom stereocenters. The lowest BCUT2D eigenvalue weighted by atomic mass is 10.2. The summed E-state index contributed by atoms with van der Waals surface area (Å²) >= 11 is 6.27. The maximum Gasteiger partial charge on any atom is 0.156 e. The fourth-order valence-electron chi connectivity index (χ4n) is 1.98. The molecule has 0 aliphatic heterocycles. The van der Waals surface area contributed by atoms with E-state index in [9.17, 15) is 0 Å². The first-order valence-electron chi connectivity index (χ1n) is 5.93.